The minimum atomic E-state index is 0.713. The molecule has 5 heteroatoms. The minimum absolute atomic E-state index is 0.713. The van der Waals surface area contributed by atoms with Gasteiger partial charge in [0.15, 0.2) is 11.5 Å². The van der Waals surface area contributed by atoms with Crippen molar-refractivity contribution < 1.29 is 0 Å². The summed E-state index contributed by atoms with van der Waals surface area (Å²) in [7, 11) is 0. The maximum Gasteiger partial charge on any atom is 0.183 e. The first kappa shape index (κ1) is 12.6. The smallest absolute Gasteiger partial charge is 0.183 e. The molecule has 2 aromatic heterocycles. The summed E-state index contributed by atoms with van der Waals surface area (Å²) >= 11 is 0. The standard InChI is InChI=1S/C15H17N5/c1-2-8-16-14-13-15(18-10-17-13)20-12(19-14)9-11-6-4-3-5-7-11/h3-7,10H,2,8-9H2,1H3,(H2,16,17,18,19,20). The average Bonchev–Trinajstić information content (AvgIpc) is 2.94. The Bertz CT molecular complexity index is 690. The predicted molar refractivity (Wildman–Crippen MR) is 79.7 cm³/mol. The summed E-state index contributed by atoms with van der Waals surface area (Å²) in [5, 5.41) is 3.33. The Kier molecular flexibility index (Phi) is 3.58. The molecule has 0 amide bonds. The van der Waals surface area contributed by atoms with Crippen molar-refractivity contribution in [1.82, 2.24) is 19.9 Å². The molecule has 0 aliphatic heterocycles. The van der Waals surface area contributed by atoms with E-state index in [0.717, 1.165) is 30.1 Å². The normalized spacial score (nSPS) is 10.8. The van der Waals surface area contributed by atoms with Gasteiger partial charge in [-0.25, -0.2) is 15.0 Å². The van der Waals surface area contributed by atoms with E-state index in [9.17, 15) is 0 Å². The van der Waals surface area contributed by atoms with Gasteiger partial charge in [-0.1, -0.05) is 37.3 Å². The number of aromatic amines is 1. The van der Waals surface area contributed by atoms with E-state index >= 15 is 0 Å². The van der Waals surface area contributed by atoms with Gasteiger partial charge in [0.05, 0.1) is 6.33 Å². The molecule has 0 spiro atoms. The van der Waals surface area contributed by atoms with Gasteiger partial charge in [-0.05, 0) is 12.0 Å². The van der Waals surface area contributed by atoms with E-state index in [-0.39, 0.29) is 0 Å². The van der Waals surface area contributed by atoms with Crippen LogP contribution in [0.2, 0.25) is 0 Å². The van der Waals surface area contributed by atoms with Gasteiger partial charge in [0.1, 0.15) is 11.3 Å². The van der Waals surface area contributed by atoms with Gasteiger partial charge in [0.2, 0.25) is 0 Å². The summed E-state index contributed by atoms with van der Waals surface area (Å²) in [4.78, 5) is 16.5. The third kappa shape index (κ3) is 2.61. The summed E-state index contributed by atoms with van der Waals surface area (Å²) < 4.78 is 0. The molecule has 102 valence electrons. The number of imidazole rings is 1. The highest BCUT2D eigenvalue weighted by Crippen LogP contribution is 2.18. The molecule has 0 fully saturated rings. The Labute approximate surface area is 117 Å². The van der Waals surface area contributed by atoms with Gasteiger partial charge in [0, 0.05) is 13.0 Å². The molecule has 0 radical (unpaired) electrons. The SMILES string of the molecule is CCCNc1nc(Cc2ccccc2)nc2nc[nH]c12. The number of hydrogen-bond donors (Lipinski definition) is 2. The van der Waals surface area contributed by atoms with E-state index in [1.807, 2.05) is 18.2 Å². The van der Waals surface area contributed by atoms with Crippen molar-refractivity contribution >= 4 is 17.0 Å². The van der Waals surface area contributed by atoms with E-state index in [1.165, 1.54) is 5.56 Å². The molecule has 5 nitrogen and oxygen atoms in total. The fraction of sp³-hybridized carbons (Fsp3) is 0.267. The molecule has 0 saturated heterocycles. The lowest BCUT2D eigenvalue weighted by atomic mass is 10.1. The van der Waals surface area contributed by atoms with Crippen LogP contribution in [0.15, 0.2) is 36.7 Å². The maximum atomic E-state index is 4.61. The summed E-state index contributed by atoms with van der Waals surface area (Å²) in [6.07, 6.45) is 3.42. The molecule has 0 aliphatic rings. The molecular formula is C15H17N5. The van der Waals surface area contributed by atoms with E-state index < -0.39 is 0 Å². The van der Waals surface area contributed by atoms with Crippen LogP contribution in [0.3, 0.4) is 0 Å². The van der Waals surface area contributed by atoms with Crippen LogP contribution in [-0.4, -0.2) is 26.5 Å². The lowest BCUT2D eigenvalue weighted by Gasteiger charge is -2.07. The topological polar surface area (TPSA) is 66.5 Å². The number of benzene rings is 1. The first-order chi connectivity index (χ1) is 9.86. The van der Waals surface area contributed by atoms with E-state index in [4.69, 9.17) is 0 Å². The zero-order valence-electron chi connectivity index (χ0n) is 11.4. The van der Waals surface area contributed by atoms with Crippen LogP contribution < -0.4 is 5.32 Å². The van der Waals surface area contributed by atoms with Gasteiger partial charge >= 0.3 is 0 Å². The van der Waals surface area contributed by atoms with E-state index in [2.05, 4.69) is 44.3 Å². The third-order valence-corrected chi connectivity index (χ3v) is 3.08. The molecule has 0 aliphatic carbocycles. The molecule has 0 unspecified atom stereocenters. The number of aromatic nitrogens is 4. The highest BCUT2D eigenvalue weighted by molar-refractivity contribution is 5.82. The van der Waals surface area contributed by atoms with Crippen LogP contribution in [0.4, 0.5) is 5.82 Å². The zero-order valence-corrected chi connectivity index (χ0v) is 11.4. The number of hydrogen-bond acceptors (Lipinski definition) is 4. The first-order valence-corrected chi connectivity index (χ1v) is 6.84. The Morgan fingerprint density at radius 3 is 2.80 bits per heavy atom. The molecule has 0 bridgehead atoms. The number of fused-ring (bicyclic) bond motifs is 1. The number of rotatable bonds is 5. The van der Waals surface area contributed by atoms with Crippen LogP contribution in [-0.2, 0) is 6.42 Å². The van der Waals surface area contributed by atoms with Crippen LogP contribution in [0, 0.1) is 0 Å². The van der Waals surface area contributed by atoms with Gasteiger partial charge in [0.25, 0.3) is 0 Å². The largest absolute Gasteiger partial charge is 0.368 e. The van der Waals surface area contributed by atoms with Crippen LogP contribution >= 0.6 is 0 Å². The van der Waals surface area contributed by atoms with E-state index in [0.29, 0.717) is 12.1 Å². The quantitative estimate of drug-likeness (QED) is 0.746. The highest BCUT2D eigenvalue weighted by Gasteiger charge is 2.09. The fourth-order valence-corrected chi connectivity index (χ4v) is 2.11. The maximum absolute atomic E-state index is 4.61. The second-order valence-corrected chi connectivity index (χ2v) is 4.68. The third-order valence-electron chi connectivity index (χ3n) is 3.08. The number of nitrogens with one attached hydrogen (secondary N) is 2. The van der Waals surface area contributed by atoms with Gasteiger partial charge in [-0.3, -0.25) is 0 Å². The molecule has 2 heterocycles. The molecular weight excluding hydrogens is 250 g/mol. The van der Waals surface area contributed by atoms with E-state index in [1.54, 1.807) is 6.33 Å². The molecule has 3 rings (SSSR count). The van der Waals surface area contributed by atoms with Crippen molar-refractivity contribution in [2.24, 2.45) is 0 Å². The van der Waals surface area contributed by atoms with Crippen LogP contribution in [0.1, 0.15) is 24.7 Å². The molecule has 3 aromatic rings. The molecule has 20 heavy (non-hydrogen) atoms. The van der Waals surface area contributed by atoms with Gasteiger partial charge in [-0.2, -0.15) is 0 Å². The van der Waals surface area contributed by atoms with Crippen molar-refractivity contribution in [3.05, 3.63) is 48.0 Å². The van der Waals surface area contributed by atoms with Gasteiger partial charge in [-0.15, -0.1) is 0 Å². The molecule has 2 N–H and O–H groups in total. The van der Waals surface area contributed by atoms with Gasteiger partial charge < -0.3 is 10.3 Å². The number of anilines is 1. The van der Waals surface area contributed by atoms with Crippen molar-refractivity contribution in [2.75, 3.05) is 11.9 Å². The zero-order chi connectivity index (χ0) is 13.8. The van der Waals surface area contributed by atoms with Crippen LogP contribution in [0.5, 0.6) is 0 Å². The molecule has 0 saturated carbocycles. The Morgan fingerprint density at radius 2 is 2.00 bits per heavy atom. The lowest BCUT2D eigenvalue weighted by Crippen LogP contribution is -2.06. The first-order valence-electron chi connectivity index (χ1n) is 6.84. The second-order valence-electron chi connectivity index (χ2n) is 4.68. The monoisotopic (exact) mass is 267 g/mol. The number of H-pyrrole nitrogens is 1. The Balaban J connectivity index is 1.94. The summed E-state index contributed by atoms with van der Waals surface area (Å²) in [5.74, 6) is 1.62. The Morgan fingerprint density at radius 1 is 1.15 bits per heavy atom. The van der Waals surface area contributed by atoms with Crippen molar-refractivity contribution in [2.45, 2.75) is 19.8 Å². The van der Waals surface area contributed by atoms with Crippen LogP contribution in [0.25, 0.3) is 11.2 Å². The average molecular weight is 267 g/mol. The minimum Gasteiger partial charge on any atom is -0.368 e. The fourth-order valence-electron chi connectivity index (χ4n) is 2.11. The Hall–Kier alpha value is -2.43. The molecule has 0 atom stereocenters. The van der Waals surface area contributed by atoms with Crippen molar-refractivity contribution in [3.63, 3.8) is 0 Å². The summed E-state index contributed by atoms with van der Waals surface area (Å²) in [6.45, 7) is 3.01. The predicted octanol–water partition coefficient (Wildman–Crippen LogP) is 2.77. The number of nitrogens with zero attached hydrogens (tertiary/aromatic N) is 3. The highest BCUT2D eigenvalue weighted by atomic mass is 15.1. The summed E-state index contributed by atoms with van der Waals surface area (Å²) in [6, 6.07) is 10.2. The molecule has 1 aromatic carbocycles. The lowest BCUT2D eigenvalue weighted by molar-refractivity contribution is 0.943. The van der Waals surface area contributed by atoms with Crippen molar-refractivity contribution in [1.29, 1.82) is 0 Å². The second kappa shape index (κ2) is 5.69. The summed E-state index contributed by atoms with van der Waals surface area (Å²) in [5.41, 5.74) is 2.78. The van der Waals surface area contributed by atoms with Crippen molar-refractivity contribution in [3.8, 4) is 0 Å².